The van der Waals surface area contributed by atoms with E-state index in [0.29, 0.717) is 11.3 Å². The maximum atomic E-state index is 12.6. The Labute approximate surface area is 163 Å². The van der Waals surface area contributed by atoms with Gasteiger partial charge < -0.3 is 9.47 Å². The second-order valence-electron chi connectivity index (χ2n) is 6.90. The van der Waals surface area contributed by atoms with Crippen LogP contribution in [0.1, 0.15) is 42.9 Å². The normalized spacial score (nSPS) is 20.3. The SMILES string of the molecule is O=C([C]=C(c1cccnc1)N1C(=O)OC[C@H]1c1ccccc1)OC1CCCC1. The van der Waals surface area contributed by atoms with Gasteiger partial charge in [-0.05, 0) is 43.4 Å². The van der Waals surface area contributed by atoms with Gasteiger partial charge in [-0.25, -0.2) is 9.59 Å². The van der Waals surface area contributed by atoms with E-state index in [1.165, 1.54) is 4.90 Å². The van der Waals surface area contributed by atoms with E-state index in [4.69, 9.17) is 9.47 Å². The second kappa shape index (κ2) is 8.25. The molecule has 1 radical (unpaired) electrons. The highest BCUT2D eigenvalue weighted by Crippen LogP contribution is 2.35. The van der Waals surface area contributed by atoms with Gasteiger partial charge in [-0.3, -0.25) is 9.88 Å². The molecule has 1 aromatic carbocycles. The van der Waals surface area contributed by atoms with Gasteiger partial charge in [0.25, 0.3) is 0 Å². The van der Waals surface area contributed by atoms with Gasteiger partial charge >= 0.3 is 12.1 Å². The summed E-state index contributed by atoms with van der Waals surface area (Å²) in [5.41, 5.74) is 1.83. The molecule has 0 spiro atoms. The summed E-state index contributed by atoms with van der Waals surface area (Å²) < 4.78 is 10.8. The van der Waals surface area contributed by atoms with Crippen LogP contribution < -0.4 is 0 Å². The summed E-state index contributed by atoms with van der Waals surface area (Å²) in [6, 6.07) is 12.8. The predicted octanol–water partition coefficient (Wildman–Crippen LogP) is 3.90. The Balaban J connectivity index is 1.68. The number of carbonyl (C=O) groups is 2. The Morgan fingerprint density at radius 1 is 1.14 bits per heavy atom. The molecule has 2 fully saturated rings. The molecule has 1 amide bonds. The number of pyridine rings is 1. The number of benzene rings is 1. The molecule has 6 nitrogen and oxygen atoms in total. The smallest absolute Gasteiger partial charge is 0.415 e. The highest BCUT2D eigenvalue weighted by Gasteiger charge is 2.38. The zero-order valence-electron chi connectivity index (χ0n) is 15.4. The lowest BCUT2D eigenvalue weighted by molar-refractivity contribution is -0.143. The van der Waals surface area contributed by atoms with Crippen molar-refractivity contribution in [2.24, 2.45) is 0 Å². The minimum Gasteiger partial charge on any atom is -0.459 e. The van der Waals surface area contributed by atoms with Gasteiger partial charge in [0.1, 0.15) is 18.8 Å². The molecule has 1 atom stereocenters. The van der Waals surface area contributed by atoms with Crippen molar-refractivity contribution >= 4 is 17.8 Å². The van der Waals surface area contributed by atoms with E-state index in [1.54, 1.807) is 24.5 Å². The quantitative estimate of drug-likeness (QED) is 0.584. The molecule has 2 heterocycles. The molecule has 0 N–H and O–H groups in total. The van der Waals surface area contributed by atoms with Crippen LogP contribution in [0.5, 0.6) is 0 Å². The van der Waals surface area contributed by atoms with Gasteiger partial charge in [-0.2, -0.15) is 0 Å². The van der Waals surface area contributed by atoms with E-state index in [9.17, 15) is 9.59 Å². The minimum absolute atomic E-state index is 0.0781. The summed E-state index contributed by atoms with van der Waals surface area (Å²) in [7, 11) is 0. The van der Waals surface area contributed by atoms with E-state index in [1.807, 2.05) is 30.3 Å². The first-order valence-electron chi connectivity index (χ1n) is 9.48. The van der Waals surface area contributed by atoms with Gasteiger partial charge in [-0.1, -0.05) is 30.3 Å². The highest BCUT2D eigenvalue weighted by atomic mass is 16.6. The number of esters is 1. The number of hydrogen-bond donors (Lipinski definition) is 0. The Bertz CT molecular complexity index is 861. The number of rotatable bonds is 5. The minimum atomic E-state index is -0.572. The van der Waals surface area contributed by atoms with Gasteiger partial charge in [0.05, 0.1) is 11.7 Å². The average Bonchev–Trinajstić information content (AvgIpc) is 3.37. The van der Waals surface area contributed by atoms with Crippen LogP contribution >= 0.6 is 0 Å². The molecule has 1 aliphatic carbocycles. The van der Waals surface area contributed by atoms with Crippen molar-refractivity contribution in [2.75, 3.05) is 6.61 Å². The average molecular weight is 377 g/mol. The molecule has 0 unspecified atom stereocenters. The summed E-state index contributed by atoms with van der Waals surface area (Å²) in [6.07, 6.45) is 9.27. The van der Waals surface area contributed by atoms with Crippen LogP contribution in [-0.2, 0) is 14.3 Å². The molecule has 1 aromatic heterocycles. The second-order valence-corrected chi connectivity index (χ2v) is 6.90. The Morgan fingerprint density at radius 3 is 2.64 bits per heavy atom. The molecular weight excluding hydrogens is 356 g/mol. The first-order valence-corrected chi connectivity index (χ1v) is 9.48. The Hall–Kier alpha value is -3.15. The van der Waals surface area contributed by atoms with Gasteiger partial charge in [0.15, 0.2) is 0 Å². The molecule has 1 aliphatic heterocycles. The van der Waals surface area contributed by atoms with Gasteiger partial charge in [0, 0.05) is 18.0 Å². The monoisotopic (exact) mass is 377 g/mol. The van der Waals surface area contributed by atoms with Crippen molar-refractivity contribution < 1.29 is 19.1 Å². The summed E-state index contributed by atoms with van der Waals surface area (Å²) in [6.45, 7) is 0.200. The largest absolute Gasteiger partial charge is 0.459 e. The first kappa shape index (κ1) is 18.2. The fourth-order valence-corrected chi connectivity index (χ4v) is 3.65. The topological polar surface area (TPSA) is 68.7 Å². The molecule has 2 aromatic rings. The number of cyclic esters (lactones) is 1. The van der Waals surface area contributed by atoms with Crippen molar-refractivity contribution in [1.29, 1.82) is 0 Å². The summed E-state index contributed by atoms with van der Waals surface area (Å²) in [5.74, 6) is -0.572. The van der Waals surface area contributed by atoms with Crippen LogP contribution in [0.2, 0.25) is 0 Å². The maximum Gasteiger partial charge on any atom is 0.415 e. The van der Waals surface area contributed by atoms with Crippen LogP contribution in [-0.4, -0.2) is 34.7 Å². The van der Waals surface area contributed by atoms with Crippen LogP contribution in [0.3, 0.4) is 0 Å². The molecular formula is C22H21N2O4. The zero-order chi connectivity index (χ0) is 19.3. The van der Waals surface area contributed by atoms with Crippen molar-refractivity contribution in [3.05, 3.63) is 72.1 Å². The fraction of sp³-hybridized carbons (Fsp3) is 0.318. The maximum absolute atomic E-state index is 12.6. The molecule has 2 aliphatic rings. The predicted molar refractivity (Wildman–Crippen MR) is 102 cm³/mol. The van der Waals surface area contributed by atoms with Crippen molar-refractivity contribution in [1.82, 2.24) is 9.88 Å². The van der Waals surface area contributed by atoms with E-state index in [0.717, 1.165) is 31.2 Å². The van der Waals surface area contributed by atoms with Crippen molar-refractivity contribution in [3.8, 4) is 0 Å². The van der Waals surface area contributed by atoms with E-state index < -0.39 is 12.1 Å². The van der Waals surface area contributed by atoms with E-state index >= 15 is 0 Å². The highest BCUT2D eigenvalue weighted by molar-refractivity contribution is 5.92. The number of hydrogen-bond acceptors (Lipinski definition) is 5. The van der Waals surface area contributed by atoms with Crippen molar-refractivity contribution in [2.45, 2.75) is 37.8 Å². The molecule has 1 saturated carbocycles. The summed E-state index contributed by atoms with van der Waals surface area (Å²) in [5, 5.41) is 0. The van der Waals surface area contributed by atoms with Crippen LogP contribution in [0.15, 0.2) is 54.9 Å². The first-order chi connectivity index (χ1) is 13.7. The fourth-order valence-electron chi connectivity index (χ4n) is 3.65. The summed E-state index contributed by atoms with van der Waals surface area (Å²) >= 11 is 0. The number of aromatic nitrogens is 1. The lowest BCUT2D eigenvalue weighted by atomic mass is 10.0. The van der Waals surface area contributed by atoms with Crippen LogP contribution in [0.25, 0.3) is 5.70 Å². The number of ether oxygens (including phenoxy) is 2. The number of nitrogens with zero attached hydrogens (tertiary/aromatic N) is 2. The number of carbonyl (C=O) groups excluding carboxylic acids is 2. The standard InChI is InChI=1S/C22H21N2O4/c25-21(28-18-10-4-5-11-18)13-19(17-9-6-12-23-14-17)24-20(15-27-22(24)26)16-7-2-1-3-8-16/h1-3,6-9,12,14,18,20H,4-5,10-11,15H2/t20-/m0/s1. The third kappa shape index (κ3) is 3.91. The Morgan fingerprint density at radius 2 is 1.93 bits per heavy atom. The number of amides is 1. The molecule has 1 saturated heterocycles. The lowest BCUT2D eigenvalue weighted by Gasteiger charge is -2.24. The summed E-state index contributed by atoms with van der Waals surface area (Å²) in [4.78, 5) is 30.7. The van der Waals surface area contributed by atoms with E-state index in [2.05, 4.69) is 11.1 Å². The zero-order valence-corrected chi connectivity index (χ0v) is 15.4. The van der Waals surface area contributed by atoms with E-state index in [-0.39, 0.29) is 18.8 Å². The van der Waals surface area contributed by atoms with Crippen LogP contribution in [0.4, 0.5) is 4.79 Å². The molecule has 28 heavy (non-hydrogen) atoms. The van der Waals surface area contributed by atoms with Gasteiger partial charge in [-0.15, -0.1) is 0 Å². The molecule has 143 valence electrons. The van der Waals surface area contributed by atoms with Crippen LogP contribution in [0, 0.1) is 6.08 Å². The molecule has 0 bridgehead atoms. The molecule has 4 rings (SSSR count). The lowest BCUT2D eigenvalue weighted by Crippen LogP contribution is -2.27. The third-order valence-corrected chi connectivity index (χ3v) is 5.03. The third-order valence-electron chi connectivity index (χ3n) is 5.03. The Kier molecular flexibility index (Phi) is 5.37. The molecule has 6 heteroatoms. The van der Waals surface area contributed by atoms with Crippen molar-refractivity contribution in [3.63, 3.8) is 0 Å². The van der Waals surface area contributed by atoms with Gasteiger partial charge in [0.2, 0.25) is 0 Å².